The zero-order valence-electron chi connectivity index (χ0n) is 19.0. The topological polar surface area (TPSA) is 82.2 Å². The lowest BCUT2D eigenvalue weighted by molar-refractivity contribution is -0.134. The van der Waals surface area contributed by atoms with Gasteiger partial charge in [-0.25, -0.2) is 9.97 Å². The number of aromatic nitrogens is 3. The van der Waals surface area contributed by atoms with E-state index in [-0.39, 0.29) is 17.9 Å². The molecule has 6 rings (SSSR count). The lowest BCUT2D eigenvalue weighted by atomic mass is 9.99. The number of fused-ring (bicyclic) bond motifs is 2. The van der Waals surface area contributed by atoms with Gasteiger partial charge >= 0.3 is 0 Å². The molecule has 0 spiro atoms. The number of piperidine rings is 1. The minimum Gasteiger partial charge on any atom is -0.361 e. The van der Waals surface area contributed by atoms with Crippen molar-refractivity contribution in [1.29, 1.82) is 0 Å². The van der Waals surface area contributed by atoms with Gasteiger partial charge in [0.2, 0.25) is 11.8 Å². The fourth-order valence-electron chi connectivity index (χ4n) is 5.33. The van der Waals surface area contributed by atoms with E-state index in [2.05, 4.69) is 11.1 Å². The third-order valence-electron chi connectivity index (χ3n) is 7.37. The summed E-state index contributed by atoms with van der Waals surface area (Å²) in [7, 11) is 0. The molecule has 3 aliphatic rings. The maximum absolute atomic E-state index is 13.5. The Labute approximate surface area is 193 Å². The largest absolute Gasteiger partial charge is 0.361 e. The number of nitrogens with zero attached hydrogens (tertiary/aromatic N) is 4. The highest BCUT2D eigenvalue weighted by atomic mass is 16.2. The van der Waals surface area contributed by atoms with Gasteiger partial charge in [0, 0.05) is 41.4 Å². The van der Waals surface area contributed by atoms with Crippen molar-refractivity contribution in [3.63, 3.8) is 0 Å². The maximum atomic E-state index is 13.5. The summed E-state index contributed by atoms with van der Waals surface area (Å²) in [6.45, 7) is 3.45. The van der Waals surface area contributed by atoms with Crippen LogP contribution in [0.4, 0.5) is 5.82 Å². The van der Waals surface area contributed by atoms with Gasteiger partial charge in [-0.3, -0.25) is 14.5 Å². The van der Waals surface area contributed by atoms with Crippen molar-refractivity contribution in [2.24, 2.45) is 5.92 Å². The molecule has 2 fully saturated rings. The second kappa shape index (κ2) is 7.97. The molecule has 1 saturated carbocycles. The van der Waals surface area contributed by atoms with Gasteiger partial charge in [0.25, 0.3) is 0 Å². The Kier molecular flexibility index (Phi) is 4.93. The third kappa shape index (κ3) is 3.69. The molecule has 170 valence electrons. The van der Waals surface area contributed by atoms with Crippen LogP contribution >= 0.6 is 0 Å². The van der Waals surface area contributed by atoms with Crippen LogP contribution in [0.5, 0.6) is 0 Å². The number of benzene rings is 1. The minimum atomic E-state index is -0.140. The molecule has 0 unspecified atom stereocenters. The molecule has 2 amide bonds. The fraction of sp³-hybridized carbons (Fsp3) is 0.462. The SMILES string of the molecule is Cc1nc([C@@H]2CCCCN2C(=O)Cc2c[nH]c3ccccc23)nc2c1CC(=O)N2CC1CC1. The number of hydrogen-bond acceptors (Lipinski definition) is 4. The number of carbonyl (C=O) groups excluding carboxylic acids is 2. The number of aryl methyl sites for hydroxylation is 1. The Hall–Kier alpha value is -3.22. The van der Waals surface area contributed by atoms with Gasteiger partial charge in [0.05, 0.1) is 18.9 Å². The van der Waals surface area contributed by atoms with E-state index < -0.39 is 0 Å². The minimum absolute atomic E-state index is 0.108. The molecule has 1 N–H and O–H groups in total. The summed E-state index contributed by atoms with van der Waals surface area (Å²) in [6, 6.07) is 7.95. The number of carbonyl (C=O) groups is 2. The Morgan fingerprint density at radius 1 is 1.15 bits per heavy atom. The van der Waals surface area contributed by atoms with Gasteiger partial charge in [0.1, 0.15) is 5.82 Å². The Balaban J connectivity index is 1.29. The first-order valence-corrected chi connectivity index (χ1v) is 12.1. The highest BCUT2D eigenvalue weighted by Crippen LogP contribution is 2.38. The fourth-order valence-corrected chi connectivity index (χ4v) is 5.33. The number of H-pyrrole nitrogens is 1. The highest BCUT2D eigenvalue weighted by molar-refractivity contribution is 6.00. The van der Waals surface area contributed by atoms with Crippen molar-refractivity contribution in [2.45, 2.75) is 57.9 Å². The summed E-state index contributed by atoms with van der Waals surface area (Å²) in [6.07, 6.45) is 7.97. The molecule has 7 nitrogen and oxygen atoms in total. The van der Waals surface area contributed by atoms with Crippen molar-refractivity contribution in [1.82, 2.24) is 19.9 Å². The first kappa shape index (κ1) is 20.4. The lowest BCUT2D eigenvalue weighted by Crippen LogP contribution is -2.40. The number of amides is 2. The van der Waals surface area contributed by atoms with Crippen LogP contribution in [0.2, 0.25) is 0 Å². The second-order valence-corrected chi connectivity index (χ2v) is 9.73. The monoisotopic (exact) mass is 443 g/mol. The molecular weight excluding hydrogens is 414 g/mol. The standard InChI is InChI=1S/C26H29N5O2/c1-16-20-13-24(33)31(15-17-9-10-17)26(20)29-25(28-16)22-8-4-5-11-30(22)23(32)12-18-14-27-21-7-3-2-6-19(18)21/h2-3,6-7,14,17,22,27H,4-5,8-13,15H2,1H3/t22-/m0/s1. The highest BCUT2D eigenvalue weighted by Gasteiger charge is 2.37. The van der Waals surface area contributed by atoms with Crippen LogP contribution in [0.15, 0.2) is 30.5 Å². The molecule has 3 aromatic rings. The summed E-state index contributed by atoms with van der Waals surface area (Å²) in [5, 5.41) is 1.10. The lowest BCUT2D eigenvalue weighted by Gasteiger charge is -2.35. The molecule has 1 saturated heterocycles. The number of rotatable bonds is 5. The van der Waals surface area contributed by atoms with E-state index in [9.17, 15) is 9.59 Å². The molecular formula is C26H29N5O2. The second-order valence-electron chi connectivity index (χ2n) is 9.73. The predicted molar refractivity (Wildman–Crippen MR) is 126 cm³/mol. The number of nitrogens with one attached hydrogen (secondary N) is 1. The smallest absolute Gasteiger partial charge is 0.232 e. The Morgan fingerprint density at radius 2 is 2.00 bits per heavy atom. The zero-order chi connectivity index (χ0) is 22.5. The van der Waals surface area contributed by atoms with Gasteiger partial charge < -0.3 is 9.88 Å². The summed E-state index contributed by atoms with van der Waals surface area (Å²) >= 11 is 0. The number of para-hydroxylation sites is 1. The van der Waals surface area contributed by atoms with E-state index in [0.29, 0.717) is 24.6 Å². The number of likely N-dealkylation sites (tertiary alicyclic amines) is 1. The molecule has 0 bridgehead atoms. The van der Waals surface area contributed by atoms with Crippen molar-refractivity contribution in [2.75, 3.05) is 18.0 Å². The molecule has 1 aromatic carbocycles. The van der Waals surface area contributed by atoms with Crippen LogP contribution in [0.25, 0.3) is 10.9 Å². The van der Waals surface area contributed by atoms with Crippen LogP contribution in [-0.2, 0) is 22.4 Å². The first-order valence-electron chi connectivity index (χ1n) is 12.1. The molecule has 2 aliphatic heterocycles. The van der Waals surface area contributed by atoms with Crippen LogP contribution < -0.4 is 4.90 Å². The number of aromatic amines is 1. The van der Waals surface area contributed by atoms with E-state index >= 15 is 0 Å². The molecule has 1 aliphatic carbocycles. The third-order valence-corrected chi connectivity index (χ3v) is 7.37. The Bertz CT molecular complexity index is 1240. The van der Waals surface area contributed by atoms with Crippen LogP contribution in [-0.4, -0.2) is 44.8 Å². The summed E-state index contributed by atoms with van der Waals surface area (Å²) in [4.78, 5) is 43.0. The van der Waals surface area contributed by atoms with E-state index in [1.54, 1.807) is 0 Å². The van der Waals surface area contributed by atoms with E-state index in [4.69, 9.17) is 9.97 Å². The van der Waals surface area contributed by atoms with Crippen LogP contribution in [0, 0.1) is 12.8 Å². The van der Waals surface area contributed by atoms with Crippen molar-refractivity contribution < 1.29 is 9.59 Å². The maximum Gasteiger partial charge on any atom is 0.232 e. The first-order chi connectivity index (χ1) is 16.1. The van der Waals surface area contributed by atoms with Gasteiger partial charge in [-0.15, -0.1) is 0 Å². The predicted octanol–water partition coefficient (Wildman–Crippen LogP) is 3.86. The van der Waals surface area contributed by atoms with Crippen LogP contribution in [0.3, 0.4) is 0 Å². The average Bonchev–Trinajstić information content (AvgIpc) is 3.48. The zero-order valence-corrected chi connectivity index (χ0v) is 19.0. The van der Waals surface area contributed by atoms with Gasteiger partial charge in [0.15, 0.2) is 5.82 Å². The number of anilines is 1. The van der Waals surface area contributed by atoms with E-state index in [1.165, 1.54) is 12.8 Å². The Morgan fingerprint density at radius 3 is 2.85 bits per heavy atom. The summed E-state index contributed by atoms with van der Waals surface area (Å²) in [5.41, 5.74) is 3.90. The normalized spacial score (nSPS) is 20.5. The van der Waals surface area contributed by atoms with Crippen LogP contribution in [0.1, 0.15) is 60.8 Å². The van der Waals surface area contributed by atoms with Crippen molar-refractivity contribution in [3.05, 3.63) is 53.1 Å². The van der Waals surface area contributed by atoms with Gasteiger partial charge in [-0.05, 0) is 56.6 Å². The summed E-state index contributed by atoms with van der Waals surface area (Å²) < 4.78 is 0. The molecule has 2 aromatic heterocycles. The average molecular weight is 444 g/mol. The molecule has 7 heteroatoms. The van der Waals surface area contributed by atoms with Crippen molar-refractivity contribution in [3.8, 4) is 0 Å². The number of hydrogen-bond donors (Lipinski definition) is 1. The van der Waals surface area contributed by atoms with E-state index in [1.807, 2.05) is 41.1 Å². The van der Waals surface area contributed by atoms with E-state index in [0.717, 1.165) is 65.9 Å². The van der Waals surface area contributed by atoms with Gasteiger partial charge in [-0.1, -0.05) is 18.2 Å². The molecule has 1 atom stereocenters. The quantitative estimate of drug-likeness (QED) is 0.649. The van der Waals surface area contributed by atoms with Gasteiger partial charge in [-0.2, -0.15) is 0 Å². The van der Waals surface area contributed by atoms with Crippen molar-refractivity contribution >= 4 is 28.5 Å². The molecule has 33 heavy (non-hydrogen) atoms. The summed E-state index contributed by atoms with van der Waals surface area (Å²) in [5.74, 6) is 2.31. The molecule has 4 heterocycles. The molecule has 0 radical (unpaired) electrons.